The standard InChI is InChI=1S/C15H9BrClFN4S/c16-11-3-6-13(18)10(7-11)8-19-22-14(20-21-15(22)23)9-1-4-12(17)5-2-9/h1-8H,(H,21,23). The van der Waals surface area contributed by atoms with Gasteiger partial charge in [0.25, 0.3) is 0 Å². The summed E-state index contributed by atoms with van der Waals surface area (Å²) in [5.41, 5.74) is 1.12. The van der Waals surface area contributed by atoms with Crippen LogP contribution in [0.1, 0.15) is 5.56 Å². The van der Waals surface area contributed by atoms with E-state index in [-0.39, 0.29) is 5.82 Å². The minimum Gasteiger partial charge on any atom is -0.250 e. The van der Waals surface area contributed by atoms with Crippen molar-refractivity contribution in [2.45, 2.75) is 0 Å². The first-order chi connectivity index (χ1) is 11.0. The Hall–Kier alpha value is -1.83. The maximum Gasteiger partial charge on any atom is 0.216 e. The summed E-state index contributed by atoms with van der Waals surface area (Å²) >= 11 is 14.4. The molecule has 0 radical (unpaired) electrons. The van der Waals surface area contributed by atoms with Gasteiger partial charge in [-0.15, -0.1) is 0 Å². The Bertz CT molecular complexity index is 933. The third-order valence-electron chi connectivity index (χ3n) is 3.02. The summed E-state index contributed by atoms with van der Waals surface area (Å²) in [4.78, 5) is 0. The van der Waals surface area contributed by atoms with Gasteiger partial charge in [-0.3, -0.25) is 0 Å². The molecule has 0 saturated carbocycles. The Morgan fingerprint density at radius 1 is 1.26 bits per heavy atom. The normalized spacial score (nSPS) is 11.3. The molecule has 1 N–H and O–H groups in total. The molecule has 0 unspecified atom stereocenters. The lowest BCUT2D eigenvalue weighted by molar-refractivity contribution is 0.625. The van der Waals surface area contributed by atoms with Crippen molar-refractivity contribution in [3.05, 3.63) is 68.1 Å². The average molecular weight is 412 g/mol. The zero-order valence-electron chi connectivity index (χ0n) is 11.5. The highest BCUT2D eigenvalue weighted by Gasteiger charge is 2.08. The highest BCUT2D eigenvalue weighted by atomic mass is 79.9. The second-order valence-electron chi connectivity index (χ2n) is 4.58. The number of rotatable bonds is 3. The molecule has 0 aliphatic heterocycles. The van der Waals surface area contributed by atoms with Crippen molar-refractivity contribution in [3.63, 3.8) is 0 Å². The number of hydrogen-bond donors (Lipinski definition) is 1. The van der Waals surface area contributed by atoms with Gasteiger partial charge in [0, 0.05) is 20.6 Å². The summed E-state index contributed by atoms with van der Waals surface area (Å²) in [6.07, 6.45) is 1.39. The van der Waals surface area contributed by atoms with Gasteiger partial charge in [-0.1, -0.05) is 27.5 Å². The summed E-state index contributed by atoms with van der Waals surface area (Å²) in [7, 11) is 0. The fourth-order valence-electron chi connectivity index (χ4n) is 1.92. The predicted octanol–water partition coefficient (Wildman–Crippen LogP) is 5.04. The van der Waals surface area contributed by atoms with E-state index in [1.807, 2.05) is 0 Å². The number of benzene rings is 2. The molecule has 0 aliphatic rings. The van der Waals surface area contributed by atoms with E-state index in [4.69, 9.17) is 23.8 Å². The molecule has 4 nitrogen and oxygen atoms in total. The van der Waals surface area contributed by atoms with Gasteiger partial charge in [0.2, 0.25) is 4.77 Å². The van der Waals surface area contributed by atoms with Crippen molar-refractivity contribution in [1.29, 1.82) is 0 Å². The molecule has 8 heteroatoms. The molecule has 116 valence electrons. The SMILES string of the molecule is Fc1ccc(Br)cc1C=Nn1c(-c2ccc(Cl)cc2)n[nH]c1=S. The van der Waals surface area contributed by atoms with Crippen LogP contribution in [0.25, 0.3) is 11.4 Å². The van der Waals surface area contributed by atoms with Gasteiger partial charge in [-0.05, 0) is 54.7 Å². The van der Waals surface area contributed by atoms with E-state index in [9.17, 15) is 4.39 Å². The molecule has 0 aliphatic carbocycles. The molecule has 0 spiro atoms. The number of nitrogens with zero attached hydrogens (tertiary/aromatic N) is 3. The van der Waals surface area contributed by atoms with Gasteiger partial charge in [0.15, 0.2) is 5.82 Å². The molecule has 3 rings (SSSR count). The molecule has 1 heterocycles. The monoisotopic (exact) mass is 410 g/mol. The fourth-order valence-corrected chi connectivity index (χ4v) is 2.60. The minimum atomic E-state index is -0.375. The van der Waals surface area contributed by atoms with Gasteiger partial charge in [-0.2, -0.15) is 14.9 Å². The van der Waals surface area contributed by atoms with E-state index in [2.05, 4.69) is 31.2 Å². The van der Waals surface area contributed by atoms with Gasteiger partial charge >= 0.3 is 0 Å². The van der Waals surface area contributed by atoms with Crippen LogP contribution in [0.15, 0.2) is 52.0 Å². The van der Waals surface area contributed by atoms with Crippen LogP contribution in [0.2, 0.25) is 5.02 Å². The first-order valence-electron chi connectivity index (χ1n) is 6.47. The Kier molecular flexibility index (Phi) is 4.70. The van der Waals surface area contributed by atoms with E-state index in [1.54, 1.807) is 36.4 Å². The van der Waals surface area contributed by atoms with Crippen LogP contribution in [-0.4, -0.2) is 21.1 Å². The van der Waals surface area contributed by atoms with Crippen LogP contribution in [0, 0.1) is 10.6 Å². The number of halogens is 3. The van der Waals surface area contributed by atoms with Crippen LogP contribution in [0.4, 0.5) is 4.39 Å². The van der Waals surface area contributed by atoms with Gasteiger partial charge in [-0.25, -0.2) is 9.49 Å². The van der Waals surface area contributed by atoms with Crippen molar-refractivity contribution in [2.24, 2.45) is 5.10 Å². The number of H-pyrrole nitrogens is 1. The second-order valence-corrected chi connectivity index (χ2v) is 6.32. The smallest absolute Gasteiger partial charge is 0.216 e. The van der Waals surface area contributed by atoms with E-state index >= 15 is 0 Å². The number of nitrogens with one attached hydrogen (secondary N) is 1. The lowest BCUT2D eigenvalue weighted by atomic mass is 10.2. The predicted molar refractivity (Wildman–Crippen MR) is 94.9 cm³/mol. The van der Waals surface area contributed by atoms with Crippen molar-refractivity contribution < 1.29 is 4.39 Å². The minimum absolute atomic E-state index is 0.307. The maximum atomic E-state index is 13.8. The summed E-state index contributed by atoms with van der Waals surface area (Å²) in [5.74, 6) is 0.137. The van der Waals surface area contributed by atoms with Crippen LogP contribution in [-0.2, 0) is 0 Å². The first-order valence-corrected chi connectivity index (χ1v) is 8.05. The molecule has 1 aromatic heterocycles. The van der Waals surface area contributed by atoms with E-state index < -0.39 is 0 Å². The maximum absolute atomic E-state index is 13.8. The summed E-state index contributed by atoms with van der Waals surface area (Å²) < 4.78 is 16.3. The van der Waals surface area contributed by atoms with Crippen molar-refractivity contribution in [3.8, 4) is 11.4 Å². The summed E-state index contributed by atoms with van der Waals surface area (Å²) in [6.45, 7) is 0. The van der Waals surface area contributed by atoms with Crippen LogP contribution in [0.5, 0.6) is 0 Å². The largest absolute Gasteiger partial charge is 0.250 e. The van der Waals surface area contributed by atoms with Crippen molar-refractivity contribution in [2.75, 3.05) is 0 Å². The molecule has 0 saturated heterocycles. The lowest BCUT2D eigenvalue weighted by Crippen LogP contribution is -1.96. The number of aromatic amines is 1. The zero-order chi connectivity index (χ0) is 16.4. The Morgan fingerprint density at radius 2 is 2.00 bits per heavy atom. The highest BCUT2D eigenvalue weighted by molar-refractivity contribution is 9.10. The highest BCUT2D eigenvalue weighted by Crippen LogP contribution is 2.20. The molecule has 23 heavy (non-hydrogen) atoms. The summed E-state index contributed by atoms with van der Waals surface area (Å²) in [6, 6.07) is 11.7. The fraction of sp³-hybridized carbons (Fsp3) is 0. The van der Waals surface area contributed by atoms with Crippen LogP contribution in [0.3, 0.4) is 0 Å². The second kappa shape index (κ2) is 6.74. The molecular formula is C15H9BrClFN4S. The molecule has 3 aromatic rings. The van der Waals surface area contributed by atoms with Crippen LogP contribution >= 0.6 is 39.7 Å². The summed E-state index contributed by atoms with van der Waals surface area (Å²) in [5, 5.41) is 11.7. The average Bonchev–Trinajstić information content (AvgIpc) is 2.90. The van der Waals surface area contributed by atoms with Gasteiger partial charge in [0.05, 0.1) is 6.21 Å². The Balaban J connectivity index is 2.02. The Morgan fingerprint density at radius 3 is 2.74 bits per heavy atom. The number of aromatic nitrogens is 3. The third kappa shape index (κ3) is 3.57. The number of hydrogen-bond acceptors (Lipinski definition) is 3. The van der Waals surface area contributed by atoms with Gasteiger partial charge in [0.1, 0.15) is 5.82 Å². The van der Waals surface area contributed by atoms with E-state index in [0.29, 0.717) is 21.2 Å². The lowest BCUT2D eigenvalue weighted by Gasteiger charge is -2.02. The van der Waals surface area contributed by atoms with E-state index in [0.717, 1.165) is 10.0 Å². The molecule has 0 fully saturated rings. The topological polar surface area (TPSA) is 46.0 Å². The molecule has 0 bridgehead atoms. The van der Waals surface area contributed by atoms with Gasteiger partial charge < -0.3 is 0 Å². The Labute approximate surface area is 149 Å². The third-order valence-corrected chi connectivity index (χ3v) is 4.03. The molecule has 0 amide bonds. The zero-order valence-corrected chi connectivity index (χ0v) is 14.7. The molecule has 2 aromatic carbocycles. The molecule has 0 atom stereocenters. The van der Waals surface area contributed by atoms with Crippen LogP contribution < -0.4 is 0 Å². The quantitative estimate of drug-likeness (QED) is 0.484. The first kappa shape index (κ1) is 16.0. The van der Waals surface area contributed by atoms with Crippen molar-refractivity contribution >= 4 is 46.0 Å². The van der Waals surface area contributed by atoms with Crippen molar-refractivity contribution in [1.82, 2.24) is 14.9 Å². The van der Waals surface area contributed by atoms with E-state index in [1.165, 1.54) is 17.0 Å². The molecular weight excluding hydrogens is 403 g/mol.